The molecule has 1 aliphatic heterocycles. The molecule has 0 atom stereocenters. The van der Waals surface area contributed by atoms with Crippen LogP contribution in [0.3, 0.4) is 0 Å². The lowest BCUT2D eigenvalue weighted by Crippen LogP contribution is -2.07. The van der Waals surface area contributed by atoms with Gasteiger partial charge in [-0.3, -0.25) is 9.11 Å². The largest absolute Gasteiger partial charge is 0.478 e. The number of hydrogen-bond acceptors (Lipinski definition) is 6. The maximum atomic E-state index is 12.2. The van der Waals surface area contributed by atoms with Gasteiger partial charge in [0.1, 0.15) is 0 Å². The molecule has 0 aliphatic carbocycles. The van der Waals surface area contributed by atoms with Gasteiger partial charge in [-0.05, 0) is 35.0 Å². The summed E-state index contributed by atoms with van der Waals surface area (Å²) in [4.78, 5) is 48.0. The van der Waals surface area contributed by atoms with Gasteiger partial charge in [0.25, 0.3) is 0 Å². The lowest BCUT2D eigenvalue weighted by molar-refractivity contribution is 0.0681. The van der Waals surface area contributed by atoms with E-state index in [0.29, 0.717) is 10.8 Å². The molecule has 10 nitrogen and oxygen atoms in total. The number of carbonyl (C=O) groups is 4. The van der Waals surface area contributed by atoms with E-state index in [1.54, 1.807) is 0 Å². The van der Waals surface area contributed by atoms with Gasteiger partial charge in [0.15, 0.2) is 0 Å². The van der Waals surface area contributed by atoms with Crippen LogP contribution in [-0.4, -0.2) is 53.4 Å². The Morgan fingerprint density at radius 1 is 0.486 bits per heavy atom. The summed E-state index contributed by atoms with van der Waals surface area (Å²) in [7, 11) is -3.92. The molecule has 6 rings (SSSR count). The van der Waals surface area contributed by atoms with Crippen LogP contribution in [0.2, 0.25) is 0 Å². The highest BCUT2D eigenvalue weighted by atomic mass is 32.3. The Kier molecular flexibility index (Phi) is 3.83. The fourth-order valence-corrected chi connectivity index (χ4v) is 7.07. The Balaban J connectivity index is 2.06. The Morgan fingerprint density at radius 3 is 1.14 bits per heavy atom. The van der Waals surface area contributed by atoms with Crippen molar-refractivity contribution in [2.24, 2.45) is 0 Å². The van der Waals surface area contributed by atoms with Crippen LogP contribution in [0.4, 0.5) is 0 Å². The van der Waals surface area contributed by atoms with E-state index in [2.05, 4.69) is 0 Å². The number of hydrogen-bond donors (Lipinski definition) is 6. The molecule has 0 unspecified atom stereocenters. The average molecular weight is 492 g/mol. The van der Waals surface area contributed by atoms with Crippen LogP contribution in [0.15, 0.2) is 46.2 Å². The Morgan fingerprint density at radius 2 is 0.829 bits per heavy atom. The Bertz CT molecular complexity index is 1750. The number of carboxylic acids is 4. The van der Waals surface area contributed by atoms with Crippen molar-refractivity contribution in [3.63, 3.8) is 0 Å². The van der Waals surface area contributed by atoms with Gasteiger partial charge in [0.05, 0.1) is 32.0 Å². The fourth-order valence-electron chi connectivity index (χ4n) is 5.29. The number of aromatic carboxylic acids is 4. The summed E-state index contributed by atoms with van der Waals surface area (Å²) in [6.07, 6.45) is 0. The zero-order valence-electron chi connectivity index (χ0n) is 17.2. The molecule has 1 aliphatic rings. The molecule has 5 aromatic carbocycles. The highest BCUT2D eigenvalue weighted by Crippen LogP contribution is 2.68. The topological polar surface area (TPSA) is 190 Å². The van der Waals surface area contributed by atoms with Gasteiger partial charge in [-0.1, -0.05) is 12.1 Å². The second kappa shape index (κ2) is 6.36. The number of carboxylic acid groups (broad SMARTS) is 4. The smallest absolute Gasteiger partial charge is 0.336 e. The Labute approximate surface area is 194 Å². The molecule has 0 bridgehead atoms. The molecular weight excluding hydrogens is 480 g/mol. The van der Waals surface area contributed by atoms with Crippen molar-refractivity contribution < 1.29 is 48.7 Å². The molecule has 0 amide bonds. The molecule has 0 fully saturated rings. The molecule has 0 radical (unpaired) electrons. The highest BCUT2D eigenvalue weighted by molar-refractivity contribution is 8.25. The normalized spacial score (nSPS) is 14.9. The van der Waals surface area contributed by atoms with Crippen molar-refractivity contribution in [1.82, 2.24) is 0 Å². The molecule has 174 valence electrons. The van der Waals surface area contributed by atoms with Gasteiger partial charge < -0.3 is 20.4 Å². The monoisotopic (exact) mass is 492 g/mol. The molecule has 0 spiro atoms. The van der Waals surface area contributed by atoms with Crippen LogP contribution in [-0.2, 0) is 0 Å². The quantitative estimate of drug-likeness (QED) is 0.147. The lowest BCUT2D eigenvalue weighted by atomic mass is 9.84. The molecule has 35 heavy (non-hydrogen) atoms. The first kappa shape index (κ1) is 21.1. The summed E-state index contributed by atoms with van der Waals surface area (Å²) in [5, 5.41) is 40.4. The summed E-state index contributed by atoms with van der Waals surface area (Å²) in [6.45, 7) is 0. The lowest BCUT2D eigenvalue weighted by Gasteiger charge is -2.30. The predicted molar refractivity (Wildman–Crippen MR) is 125 cm³/mol. The minimum absolute atomic E-state index is 0.118. The molecule has 6 N–H and O–H groups in total. The fraction of sp³-hybridized carbons (Fsp3) is 0. The number of fused-ring (bicyclic) bond motifs is 1. The standard InChI is InChI=1S/C24H12O10S/c25-21(26)9-3-1-7-8-2-4-10(22(27)28)16-12(24(31)32)6-14-20(18(8)16)19-13(35(14,33)34)5-11(23(29)30)15(9)17(7)19/h1-6,33-34H,(H,25,26)(H,27,28)(H,29,30)(H,31,32). The number of benzene rings is 5. The average Bonchev–Trinajstić information content (AvgIpc) is 3.02. The Hall–Kier alpha value is -4.45. The summed E-state index contributed by atoms with van der Waals surface area (Å²) in [6, 6.07) is 7.29. The first-order valence-corrected chi connectivity index (χ1v) is 11.5. The SMILES string of the molecule is O=C(O)c1ccc2c3ccc(C(=O)O)c4c(C(=O)O)cc5c(c6c(cc(C(=O)O)c1c26)S5(O)O)c43. The van der Waals surface area contributed by atoms with E-state index in [-0.39, 0.29) is 53.2 Å². The van der Waals surface area contributed by atoms with Gasteiger partial charge in [0.2, 0.25) is 0 Å². The maximum absolute atomic E-state index is 12.2. The van der Waals surface area contributed by atoms with Gasteiger partial charge >= 0.3 is 23.9 Å². The summed E-state index contributed by atoms with van der Waals surface area (Å²) in [5.41, 5.74) is -1.52. The van der Waals surface area contributed by atoms with Crippen molar-refractivity contribution in [3.8, 4) is 0 Å². The first-order valence-electron chi connectivity index (χ1n) is 9.96. The van der Waals surface area contributed by atoms with E-state index in [4.69, 9.17) is 0 Å². The minimum Gasteiger partial charge on any atom is -0.478 e. The van der Waals surface area contributed by atoms with Gasteiger partial charge in [-0.15, -0.1) is 10.6 Å². The van der Waals surface area contributed by atoms with E-state index in [0.717, 1.165) is 12.1 Å². The summed E-state index contributed by atoms with van der Waals surface area (Å²) >= 11 is 0. The van der Waals surface area contributed by atoms with E-state index in [9.17, 15) is 48.7 Å². The van der Waals surface area contributed by atoms with Gasteiger partial charge in [0, 0.05) is 32.3 Å². The molecular formula is C24H12O10S. The third kappa shape index (κ3) is 2.36. The van der Waals surface area contributed by atoms with Crippen molar-refractivity contribution in [2.75, 3.05) is 0 Å². The molecule has 0 aromatic heterocycles. The molecule has 1 heterocycles. The first-order chi connectivity index (χ1) is 16.5. The van der Waals surface area contributed by atoms with E-state index in [1.165, 1.54) is 24.3 Å². The summed E-state index contributed by atoms with van der Waals surface area (Å²) < 4.78 is 22.5. The highest BCUT2D eigenvalue weighted by Gasteiger charge is 2.38. The van der Waals surface area contributed by atoms with Crippen LogP contribution in [0.25, 0.3) is 43.1 Å². The maximum Gasteiger partial charge on any atom is 0.336 e. The second-order valence-electron chi connectivity index (χ2n) is 8.19. The predicted octanol–water partition coefficient (Wildman–Crippen LogP) is 5.01. The number of rotatable bonds is 4. The van der Waals surface area contributed by atoms with Crippen LogP contribution in [0.1, 0.15) is 41.4 Å². The third-order valence-corrected chi connectivity index (χ3v) is 8.44. The van der Waals surface area contributed by atoms with Crippen LogP contribution >= 0.6 is 10.6 Å². The van der Waals surface area contributed by atoms with Crippen LogP contribution in [0.5, 0.6) is 0 Å². The van der Waals surface area contributed by atoms with Crippen molar-refractivity contribution >= 4 is 77.6 Å². The molecule has 5 aromatic rings. The molecule has 0 saturated carbocycles. The van der Waals surface area contributed by atoms with E-state index < -0.39 is 45.6 Å². The van der Waals surface area contributed by atoms with Crippen LogP contribution < -0.4 is 0 Å². The van der Waals surface area contributed by atoms with Crippen molar-refractivity contribution in [2.45, 2.75) is 9.79 Å². The van der Waals surface area contributed by atoms with Crippen LogP contribution in [0, 0.1) is 0 Å². The van der Waals surface area contributed by atoms with E-state index in [1.807, 2.05) is 0 Å². The zero-order chi connectivity index (χ0) is 25.1. The van der Waals surface area contributed by atoms with Gasteiger partial charge in [-0.25, -0.2) is 19.2 Å². The third-order valence-electron chi connectivity index (χ3n) is 6.57. The van der Waals surface area contributed by atoms with Crippen molar-refractivity contribution in [1.29, 1.82) is 0 Å². The minimum atomic E-state index is -3.92. The van der Waals surface area contributed by atoms with E-state index >= 15 is 0 Å². The van der Waals surface area contributed by atoms with Crippen molar-refractivity contribution in [3.05, 3.63) is 58.7 Å². The zero-order valence-corrected chi connectivity index (χ0v) is 18.0. The summed E-state index contributed by atoms with van der Waals surface area (Å²) in [5.74, 6) is -5.74. The second-order valence-corrected chi connectivity index (χ2v) is 10.2. The molecule has 0 saturated heterocycles. The molecule has 11 heteroatoms. The van der Waals surface area contributed by atoms with Gasteiger partial charge in [-0.2, -0.15) is 0 Å².